The highest BCUT2D eigenvalue weighted by Crippen LogP contribution is 2.60. The molecule has 2 amide bonds. The Labute approximate surface area is 206 Å². The van der Waals surface area contributed by atoms with Crippen molar-refractivity contribution in [2.75, 3.05) is 4.90 Å². The average Bonchev–Trinajstić information content (AvgIpc) is 3.39. The number of carbonyl (C=O) groups is 3. The fourth-order valence-corrected chi connectivity index (χ4v) is 7.55. The van der Waals surface area contributed by atoms with Gasteiger partial charge in [0.25, 0.3) is 0 Å². The van der Waals surface area contributed by atoms with Gasteiger partial charge in [-0.2, -0.15) is 0 Å². The van der Waals surface area contributed by atoms with E-state index in [1.54, 1.807) is 24.3 Å². The first-order valence-electron chi connectivity index (χ1n) is 11.9. The lowest BCUT2D eigenvalue weighted by atomic mass is 9.81. The molecule has 0 unspecified atom stereocenters. The molecule has 32 heavy (non-hydrogen) atoms. The minimum atomic E-state index is -0.238. The summed E-state index contributed by atoms with van der Waals surface area (Å²) in [6.07, 6.45) is 9.40. The van der Waals surface area contributed by atoms with Crippen LogP contribution in [0.25, 0.3) is 0 Å². The zero-order valence-electron chi connectivity index (χ0n) is 18.5. The molecule has 2 bridgehead atoms. The van der Waals surface area contributed by atoms with Gasteiger partial charge in [-0.1, -0.05) is 77.3 Å². The maximum absolute atomic E-state index is 13.1. The van der Waals surface area contributed by atoms with Gasteiger partial charge in [-0.25, -0.2) is 0 Å². The molecule has 1 heterocycles. The fraction of sp³-hybridized carbons (Fsp3) is 0.640. The second kappa shape index (κ2) is 10.4. The van der Waals surface area contributed by atoms with E-state index in [2.05, 4.69) is 38.8 Å². The number of anilines is 1. The number of alkyl halides is 2. The van der Waals surface area contributed by atoms with E-state index >= 15 is 0 Å². The smallest absolute Gasteiger partial charge is 0.311 e. The van der Waals surface area contributed by atoms with Crippen molar-refractivity contribution in [1.29, 1.82) is 0 Å². The van der Waals surface area contributed by atoms with Gasteiger partial charge in [-0.15, -0.1) is 0 Å². The zero-order chi connectivity index (χ0) is 22.8. The first-order chi connectivity index (χ1) is 15.4. The topological polar surface area (TPSA) is 63.7 Å². The maximum atomic E-state index is 13.1. The quantitative estimate of drug-likeness (QED) is 0.114. The lowest BCUT2D eigenvalue weighted by molar-refractivity contribution is -0.134. The predicted octanol–water partition coefficient (Wildman–Crippen LogP) is 6.02. The van der Waals surface area contributed by atoms with E-state index in [4.69, 9.17) is 4.74 Å². The van der Waals surface area contributed by atoms with Crippen LogP contribution < -0.4 is 9.64 Å². The highest BCUT2D eigenvalue weighted by molar-refractivity contribution is 9.12. The Balaban J connectivity index is 1.29. The number of unbranched alkanes of at least 4 members (excludes halogenated alkanes) is 6. The number of benzene rings is 1. The number of ether oxygens (including phenoxy) is 1. The molecule has 0 spiro atoms. The summed E-state index contributed by atoms with van der Waals surface area (Å²) in [4.78, 5) is 40.1. The molecule has 0 radical (unpaired) electrons. The van der Waals surface area contributed by atoms with E-state index < -0.39 is 0 Å². The van der Waals surface area contributed by atoms with Crippen LogP contribution in [0.15, 0.2) is 24.3 Å². The minimum Gasteiger partial charge on any atom is -0.427 e. The van der Waals surface area contributed by atoms with Crippen molar-refractivity contribution in [2.45, 2.75) is 74.4 Å². The molecule has 0 aromatic heterocycles. The Morgan fingerprint density at radius 1 is 0.906 bits per heavy atom. The molecule has 174 valence electrons. The first-order valence-corrected chi connectivity index (χ1v) is 13.7. The van der Waals surface area contributed by atoms with Crippen molar-refractivity contribution >= 4 is 55.3 Å². The van der Waals surface area contributed by atoms with E-state index in [-0.39, 0.29) is 51.1 Å². The van der Waals surface area contributed by atoms with Crippen LogP contribution in [0.4, 0.5) is 5.69 Å². The third-order valence-corrected chi connectivity index (χ3v) is 10.5. The second-order valence-electron chi connectivity index (χ2n) is 9.36. The summed E-state index contributed by atoms with van der Waals surface area (Å²) < 4.78 is 5.44. The highest BCUT2D eigenvalue weighted by atomic mass is 79.9. The molecule has 5 nitrogen and oxygen atoms in total. The summed E-state index contributed by atoms with van der Waals surface area (Å²) in [5, 5.41) is 0. The number of carbonyl (C=O) groups excluding carboxylic acids is 3. The van der Waals surface area contributed by atoms with Gasteiger partial charge < -0.3 is 4.74 Å². The normalized spacial score (nSPS) is 30.8. The number of amides is 2. The van der Waals surface area contributed by atoms with Gasteiger partial charge in [0.05, 0.1) is 17.5 Å². The van der Waals surface area contributed by atoms with Gasteiger partial charge in [0.2, 0.25) is 11.8 Å². The molecule has 1 aromatic rings. The maximum Gasteiger partial charge on any atom is 0.311 e. The zero-order valence-corrected chi connectivity index (χ0v) is 21.6. The van der Waals surface area contributed by atoms with Crippen LogP contribution in [0.2, 0.25) is 0 Å². The molecule has 1 saturated heterocycles. The SMILES string of the molecule is CCCCCCCCCC(=O)Oc1ccc(N2C(=O)[C@@H]3[C@H]4C[C@@H]([C@H](Br)[C@@H]4Br)[C@@H]3C2=O)cc1. The van der Waals surface area contributed by atoms with Crippen LogP contribution >= 0.6 is 31.9 Å². The van der Waals surface area contributed by atoms with Crippen LogP contribution in [-0.2, 0) is 14.4 Å². The Kier molecular flexibility index (Phi) is 7.76. The summed E-state index contributed by atoms with van der Waals surface area (Å²) in [5.41, 5.74) is 0.554. The molecule has 7 heteroatoms. The van der Waals surface area contributed by atoms with Crippen molar-refractivity contribution in [3.63, 3.8) is 0 Å². The minimum absolute atomic E-state index is 0.0972. The molecule has 3 fully saturated rings. The molecular weight excluding hydrogens is 538 g/mol. The number of halogens is 2. The van der Waals surface area contributed by atoms with Gasteiger partial charge >= 0.3 is 5.97 Å². The van der Waals surface area contributed by atoms with Crippen molar-refractivity contribution in [1.82, 2.24) is 0 Å². The summed E-state index contributed by atoms with van der Waals surface area (Å²) in [6.45, 7) is 2.20. The van der Waals surface area contributed by atoms with Crippen LogP contribution in [0.3, 0.4) is 0 Å². The number of nitrogens with zero attached hydrogens (tertiary/aromatic N) is 1. The lowest BCUT2D eigenvalue weighted by Gasteiger charge is -2.28. The van der Waals surface area contributed by atoms with Gasteiger partial charge in [-0.3, -0.25) is 19.3 Å². The van der Waals surface area contributed by atoms with E-state index in [1.807, 2.05) is 0 Å². The van der Waals surface area contributed by atoms with Crippen molar-refractivity contribution in [3.8, 4) is 5.75 Å². The summed E-state index contributed by atoms with van der Waals surface area (Å²) in [7, 11) is 0. The van der Waals surface area contributed by atoms with E-state index in [1.165, 1.54) is 30.6 Å². The van der Waals surface area contributed by atoms with Gasteiger partial charge in [0.15, 0.2) is 0 Å². The van der Waals surface area contributed by atoms with Crippen molar-refractivity contribution in [3.05, 3.63) is 24.3 Å². The number of imide groups is 1. The summed E-state index contributed by atoms with van der Waals surface area (Å²) in [6, 6.07) is 6.74. The van der Waals surface area contributed by atoms with Crippen molar-refractivity contribution < 1.29 is 19.1 Å². The molecule has 2 saturated carbocycles. The molecular formula is C25H31Br2NO4. The molecule has 3 aliphatic rings. The van der Waals surface area contributed by atoms with Crippen molar-refractivity contribution in [2.24, 2.45) is 23.7 Å². The van der Waals surface area contributed by atoms with Gasteiger partial charge in [-0.05, 0) is 48.9 Å². The number of rotatable bonds is 10. The van der Waals surface area contributed by atoms with Crippen LogP contribution in [0, 0.1) is 23.7 Å². The van der Waals surface area contributed by atoms with Crippen LogP contribution in [-0.4, -0.2) is 27.4 Å². The number of esters is 1. The molecule has 6 atom stereocenters. The van der Waals surface area contributed by atoms with Gasteiger partial charge in [0.1, 0.15) is 5.75 Å². The van der Waals surface area contributed by atoms with E-state index in [9.17, 15) is 14.4 Å². The average molecular weight is 569 g/mol. The predicted molar refractivity (Wildman–Crippen MR) is 131 cm³/mol. The Bertz CT molecular complexity index is 826. The summed E-state index contributed by atoms with van der Waals surface area (Å²) >= 11 is 7.42. The number of fused-ring (bicyclic) bond motifs is 5. The van der Waals surface area contributed by atoms with E-state index in [0.29, 0.717) is 17.9 Å². The number of hydrogen-bond donors (Lipinski definition) is 0. The Morgan fingerprint density at radius 3 is 2.00 bits per heavy atom. The van der Waals surface area contributed by atoms with Gasteiger partial charge in [0, 0.05) is 16.1 Å². The summed E-state index contributed by atoms with van der Waals surface area (Å²) in [5.74, 6) is -0.0553. The monoisotopic (exact) mass is 567 g/mol. The molecule has 2 aliphatic carbocycles. The number of hydrogen-bond acceptors (Lipinski definition) is 4. The first kappa shape index (κ1) is 23.9. The molecule has 1 aromatic carbocycles. The standard InChI is InChI=1S/C25H31Br2NO4/c1-2-3-4-5-6-7-8-9-19(29)32-16-12-10-15(11-13-16)28-24(30)20-17-14-18(21(20)25(28)31)23(27)22(17)26/h10-13,17-18,20-23H,2-9,14H2,1H3/t17-,18-,20-,21+,22-,23+/m1/s1. The molecule has 4 rings (SSSR count). The molecule has 0 N–H and O–H groups in total. The Hall–Kier alpha value is -1.21. The fourth-order valence-electron chi connectivity index (χ4n) is 5.68. The molecule has 1 aliphatic heterocycles. The lowest BCUT2D eigenvalue weighted by Crippen LogP contribution is -2.37. The second-order valence-corrected chi connectivity index (χ2v) is 11.5. The third kappa shape index (κ3) is 4.56. The highest BCUT2D eigenvalue weighted by Gasteiger charge is 2.66. The van der Waals surface area contributed by atoms with Crippen LogP contribution in [0.1, 0.15) is 64.7 Å². The Morgan fingerprint density at radius 2 is 1.44 bits per heavy atom. The third-order valence-electron chi connectivity index (χ3n) is 7.30. The van der Waals surface area contributed by atoms with Crippen LogP contribution in [0.5, 0.6) is 5.75 Å². The largest absolute Gasteiger partial charge is 0.427 e. The van der Waals surface area contributed by atoms with E-state index in [0.717, 1.165) is 25.7 Å².